The molecule has 0 bridgehead atoms. The van der Waals surface area contributed by atoms with E-state index in [1.165, 1.54) is 0 Å². The van der Waals surface area contributed by atoms with Crippen molar-refractivity contribution in [3.63, 3.8) is 0 Å². The number of primary amides is 1. The summed E-state index contributed by atoms with van der Waals surface area (Å²) in [5, 5.41) is 2.64. The predicted octanol–water partition coefficient (Wildman–Crippen LogP) is 1.24. The van der Waals surface area contributed by atoms with Gasteiger partial charge in [-0.25, -0.2) is 13.2 Å². The topological polar surface area (TPSA) is 55.1 Å². The number of benzene rings is 1. The molecule has 1 aromatic carbocycles. The molecule has 0 aliphatic carbocycles. The Balaban J connectivity index is 3.15. The van der Waals surface area contributed by atoms with Crippen LogP contribution < -0.4 is 11.1 Å². The highest BCUT2D eigenvalue weighted by Crippen LogP contribution is 2.19. The molecule has 1 aromatic rings. The summed E-state index contributed by atoms with van der Waals surface area (Å²) in [4.78, 5) is 11.0. The summed E-state index contributed by atoms with van der Waals surface area (Å²) in [6.07, 6.45) is 0. The standard InChI is InChI=1S/C10H11F3N2O/c1-2-15-9(10(14)16)5-3-6(11)8(13)7(12)4-5/h3-4,9,15H,2H2,1H3,(H2,14,16). The van der Waals surface area contributed by atoms with Crippen LogP contribution in [-0.2, 0) is 4.79 Å². The number of hydrogen-bond donors (Lipinski definition) is 2. The highest BCUT2D eigenvalue weighted by molar-refractivity contribution is 5.81. The maximum absolute atomic E-state index is 12.9. The zero-order valence-corrected chi connectivity index (χ0v) is 8.56. The first-order chi connectivity index (χ1) is 7.47. The minimum absolute atomic E-state index is 0.0363. The molecular weight excluding hydrogens is 221 g/mol. The average Bonchev–Trinajstić information content (AvgIpc) is 2.21. The van der Waals surface area contributed by atoms with Gasteiger partial charge in [0.2, 0.25) is 5.91 Å². The first-order valence-electron chi connectivity index (χ1n) is 4.64. The summed E-state index contributed by atoms with van der Waals surface area (Å²) >= 11 is 0. The SMILES string of the molecule is CCNC(C(N)=O)c1cc(F)c(F)c(F)c1. The van der Waals surface area contributed by atoms with Crippen LogP contribution in [0.5, 0.6) is 0 Å². The molecule has 16 heavy (non-hydrogen) atoms. The molecule has 1 amide bonds. The second-order valence-corrected chi connectivity index (χ2v) is 3.19. The Morgan fingerprint density at radius 2 is 1.88 bits per heavy atom. The van der Waals surface area contributed by atoms with Crippen LogP contribution in [0.15, 0.2) is 12.1 Å². The molecule has 0 saturated carbocycles. The molecule has 88 valence electrons. The minimum atomic E-state index is -1.57. The van der Waals surface area contributed by atoms with E-state index in [0.29, 0.717) is 6.54 Å². The van der Waals surface area contributed by atoms with Crippen molar-refractivity contribution in [3.8, 4) is 0 Å². The average molecular weight is 232 g/mol. The zero-order chi connectivity index (χ0) is 12.3. The van der Waals surface area contributed by atoms with Gasteiger partial charge in [-0.1, -0.05) is 6.92 Å². The fourth-order valence-electron chi connectivity index (χ4n) is 1.33. The maximum atomic E-state index is 12.9. The van der Waals surface area contributed by atoms with E-state index in [2.05, 4.69) is 5.32 Å². The third-order valence-corrected chi connectivity index (χ3v) is 2.03. The smallest absolute Gasteiger partial charge is 0.239 e. The van der Waals surface area contributed by atoms with Crippen LogP contribution in [0.3, 0.4) is 0 Å². The third kappa shape index (κ3) is 2.52. The van der Waals surface area contributed by atoms with Gasteiger partial charge in [0.1, 0.15) is 6.04 Å². The summed E-state index contributed by atoms with van der Waals surface area (Å²) in [5.74, 6) is -5.05. The van der Waals surface area contributed by atoms with E-state index in [9.17, 15) is 18.0 Å². The molecule has 3 nitrogen and oxygen atoms in total. The molecule has 0 aliphatic heterocycles. The number of nitrogens with two attached hydrogens (primary N) is 1. The van der Waals surface area contributed by atoms with Gasteiger partial charge in [-0.05, 0) is 24.2 Å². The monoisotopic (exact) mass is 232 g/mol. The number of carbonyl (C=O) groups excluding carboxylic acids is 1. The fourth-order valence-corrected chi connectivity index (χ4v) is 1.33. The number of carbonyl (C=O) groups is 1. The lowest BCUT2D eigenvalue weighted by Gasteiger charge is -2.14. The molecule has 0 saturated heterocycles. The zero-order valence-electron chi connectivity index (χ0n) is 8.56. The largest absolute Gasteiger partial charge is 0.368 e. The van der Waals surface area contributed by atoms with Gasteiger partial charge in [0.05, 0.1) is 0 Å². The van der Waals surface area contributed by atoms with E-state index in [1.807, 2.05) is 0 Å². The van der Waals surface area contributed by atoms with E-state index in [1.54, 1.807) is 6.92 Å². The highest BCUT2D eigenvalue weighted by atomic mass is 19.2. The summed E-state index contributed by atoms with van der Waals surface area (Å²) in [5.41, 5.74) is 5.02. The molecule has 1 rings (SSSR count). The Morgan fingerprint density at radius 3 is 2.25 bits per heavy atom. The summed E-state index contributed by atoms with van der Waals surface area (Å²) in [6.45, 7) is 2.08. The number of nitrogens with one attached hydrogen (secondary N) is 1. The first kappa shape index (κ1) is 12.5. The number of rotatable bonds is 4. The Labute approximate surface area is 90.4 Å². The molecule has 0 fully saturated rings. The van der Waals surface area contributed by atoms with Gasteiger partial charge in [-0.15, -0.1) is 0 Å². The van der Waals surface area contributed by atoms with Gasteiger partial charge in [-0.3, -0.25) is 4.79 Å². The first-order valence-corrected chi connectivity index (χ1v) is 4.64. The van der Waals surface area contributed by atoms with E-state index >= 15 is 0 Å². The Bertz CT molecular complexity index is 386. The van der Waals surface area contributed by atoms with Crippen LogP contribution in [0.25, 0.3) is 0 Å². The predicted molar refractivity (Wildman–Crippen MR) is 51.9 cm³/mol. The molecule has 0 aromatic heterocycles. The summed E-state index contributed by atoms with van der Waals surface area (Å²) in [6, 6.07) is 0.460. The van der Waals surface area contributed by atoms with E-state index in [4.69, 9.17) is 5.73 Å². The van der Waals surface area contributed by atoms with Crippen molar-refractivity contribution < 1.29 is 18.0 Å². The molecule has 0 heterocycles. The molecule has 0 spiro atoms. The lowest BCUT2D eigenvalue weighted by molar-refractivity contribution is -0.120. The van der Waals surface area contributed by atoms with E-state index in [-0.39, 0.29) is 5.56 Å². The van der Waals surface area contributed by atoms with Crippen molar-refractivity contribution >= 4 is 5.91 Å². The Kier molecular flexibility index (Phi) is 3.89. The van der Waals surface area contributed by atoms with Gasteiger partial charge < -0.3 is 11.1 Å². The van der Waals surface area contributed by atoms with Crippen molar-refractivity contribution in [2.24, 2.45) is 5.73 Å². The van der Waals surface area contributed by atoms with Crippen LogP contribution in [0.2, 0.25) is 0 Å². The van der Waals surface area contributed by atoms with Crippen molar-refractivity contribution in [1.82, 2.24) is 5.32 Å². The maximum Gasteiger partial charge on any atom is 0.239 e. The van der Waals surface area contributed by atoms with Crippen molar-refractivity contribution in [2.45, 2.75) is 13.0 Å². The summed E-state index contributed by atoms with van der Waals surface area (Å²) < 4.78 is 38.5. The highest BCUT2D eigenvalue weighted by Gasteiger charge is 2.20. The Morgan fingerprint density at radius 1 is 1.38 bits per heavy atom. The third-order valence-electron chi connectivity index (χ3n) is 2.03. The van der Waals surface area contributed by atoms with Crippen LogP contribution in [0, 0.1) is 17.5 Å². The number of amides is 1. The number of hydrogen-bond acceptors (Lipinski definition) is 2. The molecule has 1 atom stereocenters. The molecule has 1 unspecified atom stereocenters. The van der Waals surface area contributed by atoms with Gasteiger partial charge in [0, 0.05) is 0 Å². The van der Waals surface area contributed by atoms with Gasteiger partial charge >= 0.3 is 0 Å². The number of likely N-dealkylation sites (N-methyl/N-ethyl adjacent to an activating group) is 1. The second-order valence-electron chi connectivity index (χ2n) is 3.19. The fraction of sp³-hybridized carbons (Fsp3) is 0.300. The molecule has 3 N–H and O–H groups in total. The van der Waals surface area contributed by atoms with E-state index < -0.39 is 29.4 Å². The minimum Gasteiger partial charge on any atom is -0.368 e. The molecule has 0 radical (unpaired) electrons. The van der Waals surface area contributed by atoms with Gasteiger partial charge in [-0.2, -0.15) is 0 Å². The van der Waals surface area contributed by atoms with Gasteiger partial charge in [0.25, 0.3) is 0 Å². The normalized spacial score (nSPS) is 12.5. The van der Waals surface area contributed by atoms with Crippen LogP contribution >= 0.6 is 0 Å². The second kappa shape index (κ2) is 4.98. The van der Waals surface area contributed by atoms with Crippen molar-refractivity contribution in [1.29, 1.82) is 0 Å². The van der Waals surface area contributed by atoms with Gasteiger partial charge in [0.15, 0.2) is 17.5 Å². The molecular formula is C10H11F3N2O. The van der Waals surface area contributed by atoms with Crippen molar-refractivity contribution in [2.75, 3.05) is 6.54 Å². The Hall–Kier alpha value is -1.56. The number of halogens is 3. The van der Waals surface area contributed by atoms with Crippen LogP contribution in [0.4, 0.5) is 13.2 Å². The molecule has 0 aliphatic rings. The van der Waals surface area contributed by atoms with E-state index in [0.717, 1.165) is 12.1 Å². The molecule has 6 heteroatoms. The lowest BCUT2D eigenvalue weighted by atomic mass is 10.1. The quantitative estimate of drug-likeness (QED) is 0.767. The summed E-state index contributed by atoms with van der Waals surface area (Å²) in [7, 11) is 0. The van der Waals surface area contributed by atoms with Crippen molar-refractivity contribution in [3.05, 3.63) is 35.1 Å². The van der Waals surface area contributed by atoms with Crippen LogP contribution in [-0.4, -0.2) is 12.5 Å². The lowest BCUT2D eigenvalue weighted by Crippen LogP contribution is -2.33. The van der Waals surface area contributed by atoms with Crippen LogP contribution in [0.1, 0.15) is 18.5 Å².